The minimum Gasteiger partial charge on any atom is -0.315 e. The maximum atomic E-state index is 2.38. The summed E-state index contributed by atoms with van der Waals surface area (Å²) in [5, 5.41) is 8.75. The van der Waals surface area contributed by atoms with Gasteiger partial charge in [-0.15, -0.1) is 0 Å². The molecule has 12 aromatic rings. The Balaban J connectivity index is 0.994. The van der Waals surface area contributed by atoms with E-state index in [4.69, 9.17) is 0 Å². The van der Waals surface area contributed by atoms with E-state index >= 15 is 0 Å². The lowest BCUT2D eigenvalue weighted by Gasteiger charge is -2.26. The van der Waals surface area contributed by atoms with Crippen molar-refractivity contribution in [2.24, 2.45) is 0 Å². The summed E-state index contributed by atoms with van der Waals surface area (Å²) in [5.74, 6) is 0. The highest BCUT2D eigenvalue weighted by Gasteiger charge is 2.20. The smallest absolute Gasteiger partial charge is 0.0619 e. The van der Waals surface area contributed by atoms with E-state index in [1.54, 1.807) is 0 Å². The lowest BCUT2D eigenvalue weighted by Crippen LogP contribution is -2.09. The molecule has 0 unspecified atom stereocenters. The Morgan fingerprint density at radius 2 is 0.710 bits per heavy atom. The molecule has 0 N–H and O–H groups in total. The molecule has 0 amide bonds. The van der Waals surface area contributed by atoms with Crippen LogP contribution in [0.4, 0.5) is 17.1 Å². The van der Waals surface area contributed by atoms with Gasteiger partial charge in [0.1, 0.15) is 0 Å². The highest BCUT2D eigenvalue weighted by molar-refractivity contribution is 6.18. The SMILES string of the molecule is c1ccc(-c2c3c(-c4ccc(N(c5ccc(-c6cccc7ccccc67)cc5)c5ccc(-c6cccc7ccccc67)cc5)cc4)cccc3n3ccc4ccccc4c23)cc1. The Labute approximate surface area is 360 Å². The van der Waals surface area contributed by atoms with Gasteiger partial charge in [-0.2, -0.15) is 0 Å². The van der Waals surface area contributed by atoms with Crippen molar-refractivity contribution < 1.29 is 0 Å². The Bertz CT molecular complexity index is 3470. The summed E-state index contributed by atoms with van der Waals surface area (Å²) in [7, 11) is 0. The molecule has 0 bridgehead atoms. The first-order valence-electron chi connectivity index (χ1n) is 21.3. The number of rotatable bonds is 7. The third-order valence-electron chi connectivity index (χ3n) is 12.6. The molecule has 2 aromatic heterocycles. The molecule has 0 aliphatic rings. The molecule has 62 heavy (non-hydrogen) atoms. The van der Waals surface area contributed by atoms with Crippen LogP contribution < -0.4 is 4.90 Å². The van der Waals surface area contributed by atoms with Crippen molar-refractivity contribution in [3.05, 3.63) is 243 Å². The van der Waals surface area contributed by atoms with Crippen LogP contribution in [0.25, 0.3) is 93.2 Å². The number of nitrogens with zero attached hydrogens (tertiary/aromatic N) is 2. The maximum Gasteiger partial charge on any atom is 0.0619 e. The summed E-state index contributed by atoms with van der Waals surface area (Å²) in [6.45, 7) is 0. The topological polar surface area (TPSA) is 7.65 Å². The van der Waals surface area contributed by atoms with Gasteiger partial charge in [0.25, 0.3) is 0 Å². The van der Waals surface area contributed by atoms with E-state index in [2.05, 4.69) is 252 Å². The van der Waals surface area contributed by atoms with Crippen LogP contribution in [0.1, 0.15) is 0 Å². The molecule has 2 nitrogen and oxygen atoms in total. The van der Waals surface area contributed by atoms with E-state index < -0.39 is 0 Å². The van der Waals surface area contributed by atoms with Gasteiger partial charge in [0.2, 0.25) is 0 Å². The van der Waals surface area contributed by atoms with Gasteiger partial charge in [-0.05, 0) is 114 Å². The standard InChI is InChI=1S/C60H40N2/c1-2-16-47(17-3-1)58-59-55(25-12-26-57(59)61-40-39-43-15-6-9-22-56(43)60(58)61)46-31-37-50(38-32-46)62(48-33-27-44(28-34-48)53-23-10-18-41-13-4-7-20-51(41)53)49-35-29-45(30-36-49)54-24-11-19-42-14-5-8-21-52(42)54/h1-40H. The zero-order chi connectivity index (χ0) is 41.0. The van der Waals surface area contributed by atoms with Crippen LogP contribution in [0.15, 0.2) is 243 Å². The summed E-state index contributed by atoms with van der Waals surface area (Å²) in [6.07, 6.45) is 2.23. The van der Waals surface area contributed by atoms with Crippen molar-refractivity contribution in [1.29, 1.82) is 0 Å². The summed E-state index contributed by atoms with van der Waals surface area (Å²) in [4.78, 5) is 2.37. The van der Waals surface area contributed by atoms with Crippen molar-refractivity contribution in [2.45, 2.75) is 0 Å². The number of hydrogen-bond donors (Lipinski definition) is 0. The maximum absolute atomic E-state index is 2.38. The van der Waals surface area contributed by atoms with Crippen LogP contribution >= 0.6 is 0 Å². The molecular weight excluding hydrogens is 749 g/mol. The fourth-order valence-corrected chi connectivity index (χ4v) is 9.69. The second-order valence-corrected chi connectivity index (χ2v) is 16.1. The average Bonchev–Trinajstić information content (AvgIpc) is 3.70. The van der Waals surface area contributed by atoms with Gasteiger partial charge < -0.3 is 9.30 Å². The molecular formula is C60H40N2. The lowest BCUT2D eigenvalue weighted by atomic mass is 9.94. The Kier molecular flexibility index (Phi) is 8.53. The first-order valence-corrected chi connectivity index (χ1v) is 21.3. The number of pyridine rings is 1. The minimum atomic E-state index is 1.09. The Morgan fingerprint density at radius 3 is 1.26 bits per heavy atom. The van der Waals surface area contributed by atoms with Gasteiger partial charge in [0.05, 0.1) is 11.0 Å². The van der Waals surface area contributed by atoms with Gasteiger partial charge in [0.15, 0.2) is 0 Å². The summed E-state index contributed by atoms with van der Waals surface area (Å²) < 4.78 is 2.38. The first kappa shape index (κ1) is 35.7. The van der Waals surface area contributed by atoms with Crippen LogP contribution in [0.3, 0.4) is 0 Å². The average molecular weight is 789 g/mol. The normalized spacial score (nSPS) is 11.5. The number of anilines is 3. The largest absolute Gasteiger partial charge is 0.315 e. The number of hydrogen-bond acceptors (Lipinski definition) is 1. The molecule has 0 saturated heterocycles. The zero-order valence-electron chi connectivity index (χ0n) is 34.0. The number of fused-ring (bicyclic) bond motifs is 7. The Morgan fingerprint density at radius 1 is 0.290 bits per heavy atom. The van der Waals surface area contributed by atoms with E-state index in [0.29, 0.717) is 0 Å². The molecule has 0 fully saturated rings. The van der Waals surface area contributed by atoms with Gasteiger partial charge in [-0.3, -0.25) is 0 Å². The van der Waals surface area contributed by atoms with Crippen molar-refractivity contribution >= 4 is 65.8 Å². The fraction of sp³-hybridized carbons (Fsp3) is 0. The molecule has 12 rings (SSSR count). The van der Waals surface area contributed by atoms with Crippen molar-refractivity contribution in [1.82, 2.24) is 4.40 Å². The van der Waals surface area contributed by atoms with Crippen LogP contribution in [0, 0.1) is 0 Å². The van der Waals surface area contributed by atoms with Crippen LogP contribution in [-0.2, 0) is 0 Å². The minimum absolute atomic E-state index is 1.09. The van der Waals surface area contributed by atoms with Crippen molar-refractivity contribution in [3.8, 4) is 44.5 Å². The third-order valence-corrected chi connectivity index (χ3v) is 12.6. The van der Waals surface area contributed by atoms with Gasteiger partial charge in [-0.25, -0.2) is 0 Å². The van der Waals surface area contributed by atoms with Gasteiger partial charge >= 0.3 is 0 Å². The highest BCUT2D eigenvalue weighted by Crippen LogP contribution is 2.45. The van der Waals surface area contributed by atoms with E-state index in [-0.39, 0.29) is 0 Å². The van der Waals surface area contributed by atoms with Gasteiger partial charge in [-0.1, -0.05) is 188 Å². The molecule has 2 heteroatoms. The lowest BCUT2D eigenvalue weighted by molar-refractivity contribution is 1.27. The molecule has 0 atom stereocenters. The molecule has 10 aromatic carbocycles. The molecule has 2 heterocycles. The van der Waals surface area contributed by atoms with Crippen LogP contribution in [-0.4, -0.2) is 4.40 Å². The molecule has 0 radical (unpaired) electrons. The van der Waals surface area contributed by atoms with E-state index in [1.807, 2.05) is 0 Å². The molecule has 0 aliphatic carbocycles. The Hall–Kier alpha value is -8.20. The highest BCUT2D eigenvalue weighted by atomic mass is 15.1. The number of benzene rings is 10. The zero-order valence-corrected chi connectivity index (χ0v) is 34.0. The van der Waals surface area contributed by atoms with Crippen molar-refractivity contribution in [3.63, 3.8) is 0 Å². The number of aromatic nitrogens is 1. The molecule has 0 spiro atoms. The molecule has 0 saturated carbocycles. The summed E-state index contributed by atoms with van der Waals surface area (Å²) in [5.41, 5.74) is 15.4. The van der Waals surface area contributed by atoms with Gasteiger partial charge in [0, 0.05) is 39.6 Å². The second-order valence-electron chi connectivity index (χ2n) is 16.1. The van der Waals surface area contributed by atoms with E-state index in [1.165, 1.54) is 93.2 Å². The predicted octanol–water partition coefficient (Wildman–Crippen LogP) is 16.7. The quantitative estimate of drug-likeness (QED) is 0.156. The van der Waals surface area contributed by atoms with Crippen molar-refractivity contribution in [2.75, 3.05) is 4.90 Å². The fourth-order valence-electron chi connectivity index (χ4n) is 9.69. The monoisotopic (exact) mass is 788 g/mol. The van der Waals surface area contributed by atoms with E-state index in [0.717, 1.165) is 17.1 Å². The summed E-state index contributed by atoms with van der Waals surface area (Å²) >= 11 is 0. The predicted molar refractivity (Wildman–Crippen MR) is 264 cm³/mol. The third kappa shape index (κ3) is 5.96. The molecule has 290 valence electrons. The molecule has 0 aliphatic heterocycles. The first-order chi connectivity index (χ1) is 30.8. The van der Waals surface area contributed by atoms with E-state index in [9.17, 15) is 0 Å². The van der Waals surface area contributed by atoms with Crippen LogP contribution in [0.5, 0.6) is 0 Å². The second kappa shape index (κ2) is 14.8. The summed E-state index contributed by atoms with van der Waals surface area (Å²) in [6, 6.07) is 86.2. The van der Waals surface area contributed by atoms with Crippen LogP contribution in [0.2, 0.25) is 0 Å².